The summed E-state index contributed by atoms with van der Waals surface area (Å²) in [5, 5.41) is 7.51. The van der Waals surface area contributed by atoms with E-state index in [2.05, 4.69) is 15.4 Å². The van der Waals surface area contributed by atoms with E-state index < -0.39 is 5.91 Å². The van der Waals surface area contributed by atoms with Gasteiger partial charge >= 0.3 is 5.97 Å². The number of rotatable bonds is 4. The second kappa shape index (κ2) is 7.25. The Kier molecular flexibility index (Phi) is 4.73. The van der Waals surface area contributed by atoms with Crippen LogP contribution in [0.25, 0.3) is 11.4 Å². The fourth-order valence-electron chi connectivity index (χ4n) is 3.82. The van der Waals surface area contributed by atoms with Crippen LogP contribution in [0.15, 0.2) is 18.3 Å². The van der Waals surface area contributed by atoms with Crippen molar-refractivity contribution in [3.63, 3.8) is 0 Å². The predicted octanol–water partition coefficient (Wildman–Crippen LogP) is 2.22. The zero-order chi connectivity index (χ0) is 21.6. The zero-order valence-electron chi connectivity index (χ0n) is 17.2. The quantitative estimate of drug-likeness (QED) is 0.636. The highest BCUT2D eigenvalue weighted by Crippen LogP contribution is 2.34. The van der Waals surface area contributed by atoms with E-state index in [1.54, 1.807) is 30.1 Å². The molecule has 1 amide bonds. The summed E-state index contributed by atoms with van der Waals surface area (Å²) in [4.78, 5) is 32.8. The van der Waals surface area contributed by atoms with Crippen molar-refractivity contribution in [3.8, 4) is 11.4 Å². The number of esters is 1. The fourth-order valence-corrected chi connectivity index (χ4v) is 3.82. The number of fused-ring (bicyclic) bond motifs is 3. The molecule has 0 fully saturated rings. The van der Waals surface area contributed by atoms with Gasteiger partial charge in [-0.25, -0.2) is 14.8 Å². The predicted molar refractivity (Wildman–Crippen MR) is 111 cm³/mol. The molecule has 0 radical (unpaired) electrons. The number of carbonyl (C=O) groups excluding carboxylic acids is 2. The number of primary amides is 1. The Morgan fingerprint density at radius 3 is 2.67 bits per heavy atom. The molecule has 0 spiro atoms. The van der Waals surface area contributed by atoms with Crippen LogP contribution in [0.2, 0.25) is 0 Å². The first-order valence-corrected chi connectivity index (χ1v) is 9.49. The van der Waals surface area contributed by atoms with E-state index in [1.165, 1.54) is 7.11 Å². The standard InChI is InChI=1S/C21H22N6O3/c1-10-11(2)15(8-7-13(10)20(29)30-4)24-21-23-9-12-5-6-14-17(19(22)28)26-27(3)18(14)16(12)25-21/h7-9H,5-6H2,1-4H3,(H2,22,28)(H,23,24,25). The number of hydrogen-bond acceptors (Lipinski definition) is 7. The number of benzene rings is 1. The summed E-state index contributed by atoms with van der Waals surface area (Å²) in [6.07, 6.45) is 3.16. The molecule has 1 aliphatic carbocycles. The van der Waals surface area contributed by atoms with Gasteiger partial charge in [0.1, 0.15) is 0 Å². The Hall–Kier alpha value is -3.75. The SMILES string of the molecule is COC(=O)c1ccc(Nc2ncc3c(n2)-c2c(c(C(N)=O)nn2C)CC3)c(C)c1C. The first kappa shape index (κ1) is 19.6. The van der Waals surface area contributed by atoms with Gasteiger partial charge in [-0.2, -0.15) is 5.10 Å². The van der Waals surface area contributed by atoms with E-state index >= 15 is 0 Å². The van der Waals surface area contributed by atoms with Crippen LogP contribution in [0, 0.1) is 13.8 Å². The van der Waals surface area contributed by atoms with Crippen LogP contribution < -0.4 is 11.1 Å². The number of nitrogens with one attached hydrogen (secondary N) is 1. The molecule has 0 atom stereocenters. The van der Waals surface area contributed by atoms with Gasteiger partial charge in [-0.05, 0) is 55.5 Å². The number of nitrogens with two attached hydrogens (primary N) is 1. The zero-order valence-corrected chi connectivity index (χ0v) is 17.2. The number of amides is 1. The van der Waals surface area contributed by atoms with Crippen molar-refractivity contribution in [3.05, 3.63) is 51.8 Å². The molecule has 0 saturated carbocycles. The molecule has 2 heterocycles. The van der Waals surface area contributed by atoms with Crippen molar-refractivity contribution in [2.45, 2.75) is 26.7 Å². The van der Waals surface area contributed by atoms with Crippen molar-refractivity contribution in [2.75, 3.05) is 12.4 Å². The summed E-state index contributed by atoms with van der Waals surface area (Å²) in [6.45, 7) is 3.79. The second-order valence-electron chi connectivity index (χ2n) is 7.26. The molecule has 0 bridgehead atoms. The van der Waals surface area contributed by atoms with Crippen LogP contribution in [0.3, 0.4) is 0 Å². The normalized spacial score (nSPS) is 12.1. The highest BCUT2D eigenvalue weighted by atomic mass is 16.5. The Morgan fingerprint density at radius 1 is 1.20 bits per heavy atom. The van der Waals surface area contributed by atoms with Gasteiger partial charge in [0, 0.05) is 24.5 Å². The third-order valence-corrected chi connectivity index (χ3v) is 5.55. The number of carbonyl (C=O) groups is 2. The summed E-state index contributed by atoms with van der Waals surface area (Å²) in [5.74, 6) is -0.502. The highest BCUT2D eigenvalue weighted by Gasteiger charge is 2.28. The summed E-state index contributed by atoms with van der Waals surface area (Å²) >= 11 is 0. The molecule has 1 aromatic carbocycles. The van der Waals surface area contributed by atoms with Gasteiger partial charge < -0.3 is 15.8 Å². The molecule has 30 heavy (non-hydrogen) atoms. The lowest BCUT2D eigenvalue weighted by molar-refractivity contribution is 0.0599. The number of aryl methyl sites for hydroxylation is 2. The molecule has 9 nitrogen and oxygen atoms in total. The summed E-state index contributed by atoms with van der Waals surface area (Å²) in [5.41, 5.74) is 12.1. The van der Waals surface area contributed by atoms with Crippen LogP contribution in [0.1, 0.15) is 43.1 Å². The lowest BCUT2D eigenvalue weighted by atomic mass is 9.93. The lowest BCUT2D eigenvalue weighted by Crippen LogP contribution is -2.16. The third-order valence-electron chi connectivity index (χ3n) is 5.55. The van der Waals surface area contributed by atoms with Crippen LogP contribution in [-0.4, -0.2) is 38.7 Å². The van der Waals surface area contributed by atoms with Gasteiger partial charge in [0.25, 0.3) is 5.91 Å². The topological polar surface area (TPSA) is 125 Å². The first-order valence-electron chi connectivity index (χ1n) is 9.49. The van der Waals surface area contributed by atoms with Gasteiger partial charge in [-0.1, -0.05) is 0 Å². The van der Waals surface area contributed by atoms with Gasteiger partial charge in [-0.3, -0.25) is 9.48 Å². The smallest absolute Gasteiger partial charge is 0.338 e. The highest BCUT2D eigenvalue weighted by molar-refractivity contribution is 5.94. The maximum Gasteiger partial charge on any atom is 0.338 e. The number of hydrogen-bond donors (Lipinski definition) is 2. The van der Waals surface area contributed by atoms with Gasteiger partial charge in [0.05, 0.1) is 24.1 Å². The van der Waals surface area contributed by atoms with E-state index in [0.717, 1.165) is 39.3 Å². The Balaban J connectivity index is 1.73. The van der Waals surface area contributed by atoms with E-state index in [0.29, 0.717) is 24.4 Å². The summed E-state index contributed by atoms with van der Waals surface area (Å²) in [6, 6.07) is 3.52. The molecule has 0 aliphatic heterocycles. The number of methoxy groups -OCH3 is 1. The van der Waals surface area contributed by atoms with E-state index in [1.807, 2.05) is 13.8 Å². The molecule has 154 valence electrons. The minimum absolute atomic E-state index is 0.288. The molecule has 1 aliphatic rings. The molecule has 9 heteroatoms. The molecule has 3 N–H and O–H groups in total. The minimum atomic E-state index is -0.542. The molecule has 0 saturated heterocycles. The molecule has 2 aromatic heterocycles. The largest absolute Gasteiger partial charge is 0.465 e. The van der Waals surface area contributed by atoms with Gasteiger partial charge in [0.2, 0.25) is 5.95 Å². The Bertz CT molecular complexity index is 1200. The van der Waals surface area contributed by atoms with Crippen LogP contribution >= 0.6 is 0 Å². The van der Waals surface area contributed by atoms with E-state index in [-0.39, 0.29) is 11.7 Å². The molecule has 3 aromatic rings. The van der Waals surface area contributed by atoms with E-state index in [9.17, 15) is 9.59 Å². The first-order chi connectivity index (χ1) is 14.3. The number of ether oxygens (including phenoxy) is 1. The summed E-state index contributed by atoms with van der Waals surface area (Å²) in [7, 11) is 3.13. The van der Waals surface area contributed by atoms with Crippen LogP contribution in [-0.2, 0) is 24.6 Å². The van der Waals surface area contributed by atoms with E-state index in [4.69, 9.17) is 15.5 Å². The van der Waals surface area contributed by atoms with Crippen molar-refractivity contribution in [1.29, 1.82) is 0 Å². The summed E-state index contributed by atoms with van der Waals surface area (Å²) < 4.78 is 6.47. The van der Waals surface area contributed by atoms with Crippen molar-refractivity contribution >= 4 is 23.5 Å². The fraction of sp³-hybridized carbons (Fsp3) is 0.286. The second-order valence-corrected chi connectivity index (χ2v) is 7.26. The van der Waals surface area contributed by atoms with Crippen molar-refractivity contribution in [2.24, 2.45) is 12.8 Å². The Morgan fingerprint density at radius 2 is 1.97 bits per heavy atom. The monoisotopic (exact) mass is 406 g/mol. The minimum Gasteiger partial charge on any atom is -0.465 e. The third kappa shape index (κ3) is 3.08. The molecule has 0 unspecified atom stereocenters. The average molecular weight is 406 g/mol. The van der Waals surface area contributed by atoms with Crippen LogP contribution in [0.4, 0.5) is 11.6 Å². The molecule has 4 rings (SSSR count). The lowest BCUT2D eigenvalue weighted by Gasteiger charge is -2.18. The van der Waals surface area contributed by atoms with Crippen molar-refractivity contribution in [1.82, 2.24) is 19.7 Å². The van der Waals surface area contributed by atoms with Gasteiger partial charge in [-0.15, -0.1) is 0 Å². The number of aromatic nitrogens is 4. The number of anilines is 2. The Labute approximate surface area is 173 Å². The number of nitrogens with zero attached hydrogens (tertiary/aromatic N) is 4. The maximum atomic E-state index is 11.9. The molecular formula is C21H22N6O3. The van der Waals surface area contributed by atoms with Crippen molar-refractivity contribution < 1.29 is 14.3 Å². The van der Waals surface area contributed by atoms with Crippen LogP contribution in [0.5, 0.6) is 0 Å². The molecular weight excluding hydrogens is 384 g/mol. The maximum absolute atomic E-state index is 11.9. The van der Waals surface area contributed by atoms with Gasteiger partial charge in [0.15, 0.2) is 5.69 Å². The average Bonchev–Trinajstić information content (AvgIpc) is 3.08.